The van der Waals surface area contributed by atoms with E-state index in [-0.39, 0.29) is 5.82 Å². The number of aromatic nitrogens is 1. The molecule has 0 bridgehead atoms. The van der Waals surface area contributed by atoms with Crippen molar-refractivity contribution in [3.05, 3.63) is 65.7 Å². The van der Waals surface area contributed by atoms with Crippen LogP contribution in [0.2, 0.25) is 0 Å². The molecule has 3 rings (SSSR count). The van der Waals surface area contributed by atoms with E-state index in [1.807, 2.05) is 24.4 Å². The average molecular weight is 329 g/mol. The number of benzene rings is 1. The van der Waals surface area contributed by atoms with E-state index in [9.17, 15) is 4.39 Å². The lowest BCUT2D eigenvalue weighted by atomic mass is 9.87. The third-order valence-corrected chi connectivity index (χ3v) is 4.61. The number of nitrogens with one attached hydrogen (secondary N) is 1. The zero-order valence-corrected chi connectivity index (χ0v) is 14.0. The topological polar surface area (TPSA) is 37.4 Å². The molecule has 1 aromatic carbocycles. The molecule has 1 aliphatic heterocycles. The Morgan fingerprint density at radius 3 is 2.92 bits per heavy atom. The SMILES string of the molecule is COCCNCC1CC(c2cccnc2)N1Cc1ccccc1F. The van der Waals surface area contributed by atoms with Crippen molar-refractivity contribution < 1.29 is 9.13 Å². The first-order chi connectivity index (χ1) is 11.8. The summed E-state index contributed by atoms with van der Waals surface area (Å²) in [5.74, 6) is -0.138. The first kappa shape index (κ1) is 17.0. The Morgan fingerprint density at radius 2 is 2.17 bits per heavy atom. The highest BCUT2D eigenvalue weighted by Gasteiger charge is 2.39. The van der Waals surface area contributed by atoms with Crippen LogP contribution in [0, 0.1) is 5.82 Å². The zero-order chi connectivity index (χ0) is 16.8. The van der Waals surface area contributed by atoms with E-state index in [2.05, 4.69) is 21.3 Å². The van der Waals surface area contributed by atoms with E-state index in [0.29, 0.717) is 25.2 Å². The van der Waals surface area contributed by atoms with Crippen LogP contribution >= 0.6 is 0 Å². The van der Waals surface area contributed by atoms with Crippen LogP contribution in [-0.4, -0.2) is 42.7 Å². The van der Waals surface area contributed by atoms with Gasteiger partial charge in [-0.2, -0.15) is 0 Å². The van der Waals surface area contributed by atoms with Crippen molar-refractivity contribution in [1.82, 2.24) is 15.2 Å². The molecule has 1 saturated heterocycles. The van der Waals surface area contributed by atoms with Gasteiger partial charge in [-0.25, -0.2) is 4.39 Å². The predicted octanol–water partition coefficient (Wildman–Crippen LogP) is 2.77. The van der Waals surface area contributed by atoms with E-state index < -0.39 is 0 Å². The van der Waals surface area contributed by atoms with Crippen LogP contribution in [0.3, 0.4) is 0 Å². The monoisotopic (exact) mass is 329 g/mol. The molecule has 0 radical (unpaired) electrons. The smallest absolute Gasteiger partial charge is 0.127 e. The molecule has 2 unspecified atom stereocenters. The van der Waals surface area contributed by atoms with Gasteiger partial charge in [0.1, 0.15) is 5.82 Å². The molecule has 1 fully saturated rings. The molecule has 2 aromatic rings. The van der Waals surface area contributed by atoms with Gasteiger partial charge >= 0.3 is 0 Å². The standard InChI is InChI=1S/C19H24FN3O/c1-24-10-9-22-13-17-11-19(15-6-4-8-21-12-15)23(17)14-16-5-2-3-7-18(16)20/h2-8,12,17,19,22H,9-11,13-14H2,1H3. The summed E-state index contributed by atoms with van der Waals surface area (Å²) in [6.07, 6.45) is 4.75. The van der Waals surface area contributed by atoms with Gasteiger partial charge in [0, 0.05) is 56.8 Å². The maximum atomic E-state index is 14.0. The summed E-state index contributed by atoms with van der Waals surface area (Å²) < 4.78 is 19.1. The lowest BCUT2D eigenvalue weighted by Gasteiger charge is -2.49. The Labute approximate surface area is 142 Å². The third-order valence-electron chi connectivity index (χ3n) is 4.61. The van der Waals surface area contributed by atoms with Gasteiger partial charge in [-0.05, 0) is 24.1 Å². The minimum atomic E-state index is -0.138. The fourth-order valence-electron chi connectivity index (χ4n) is 3.25. The number of methoxy groups -OCH3 is 1. The van der Waals surface area contributed by atoms with Gasteiger partial charge in [-0.1, -0.05) is 24.3 Å². The molecular formula is C19H24FN3O. The molecule has 0 spiro atoms. The van der Waals surface area contributed by atoms with E-state index in [4.69, 9.17) is 4.74 Å². The first-order valence-corrected chi connectivity index (χ1v) is 8.38. The molecule has 1 aromatic heterocycles. The van der Waals surface area contributed by atoms with Gasteiger partial charge in [-0.3, -0.25) is 9.88 Å². The van der Waals surface area contributed by atoms with Gasteiger partial charge in [0.05, 0.1) is 6.61 Å². The molecule has 0 amide bonds. The van der Waals surface area contributed by atoms with Gasteiger partial charge in [-0.15, -0.1) is 0 Å². The van der Waals surface area contributed by atoms with Crippen LogP contribution in [0.5, 0.6) is 0 Å². The number of nitrogens with zero attached hydrogens (tertiary/aromatic N) is 2. The number of hydrogen-bond donors (Lipinski definition) is 1. The normalized spacial score (nSPS) is 20.8. The Kier molecular flexibility index (Phi) is 5.91. The van der Waals surface area contributed by atoms with E-state index in [1.54, 1.807) is 19.4 Å². The number of ether oxygens (including phenoxy) is 1. The van der Waals surface area contributed by atoms with Gasteiger partial charge in [0.2, 0.25) is 0 Å². The summed E-state index contributed by atoms with van der Waals surface area (Å²) in [6, 6.07) is 11.8. The quantitative estimate of drug-likeness (QED) is 0.756. The number of rotatable bonds is 8. The van der Waals surface area contributed by atoms with Gasteiger partial charge in [0.15, 0.2) is 0 Å². The summed E-state index contributed by atoms with van der Waals surface area (Å²) >= 11 is 0. The first-order valence-electron chi connectivity index (χ1n) is 8.38. The van der Waals surface area contributed by atoms with Crippen LogP contribution in [0.4, 0.5) is 4.39 Å². The lowest BCUT2D eigenvalue weighted by molar-refractivity contribution is 0.00408. The molecule has 4 nitrogen and oxygen atoms in total. The largest absolute Gasteiger partial charge is 0.383 e. The summed E-state index contributed by atoms with van der Waals surface area (Å²) in [7, 11) is 1.70. The predicted molar refractivity (Wildman–Crippen MR) is 92.1 cm³/mol. The molecule has 2 atom stereocenters. The molecule has 1 N–H and O–H groups in total. The highest BCUT2D eigenvalue weighted by molar-refractivity contribution is 5.22. The van der Waals surface area contributed by atoms with Crippen molar-refractivity contribution in [2.45, 2.75) is 25.0 Å². The van der Waals surface area contributed by atoms with E-state index in [1.165, 1.54) is 11.6 Å². The third kappa shape index (κ3) is 3.98. The Balaban J connectivity index is 1.68. The molecule has 5 heteroatoms. The lowest BCUT2D eigenvalue weighted by Crippen LogP contribution is -2.54. The zero-order valence-electron chi connectivity index (χ0n) is 14.0. The number of pyridine rings is 1. The molecule has 1 aliphatic rings. The summed E-state index contributed by atoms with van der Waals surface area (Å²) in [4.78, 5) is 6.58. The second kappa shape index (κ2) is 8.33. The highest BCUT2D eigenvalue weighted by Crippen LogP contribution is 2.39. The number of hydrogen-bond acceptors (Lipinski definition) is 4. The van der Waals surface area contributed by atoms with Crippen LogP contribution in [0.15, 0.2) is 48.8 Å². The van der Waals surface area contributed by atoms with E-state index in [0.717, 1.165) is 25.1 Å². The highest BCUT2D eigenvalue weighted by atomic mass is 19.1. The fourth-order valence-corrected chi connectivity index (χ4v) is 3.25. The molecule has 24 heavy (non-hydrogen) atoms. The second-order valence-corrected chi connectivity index (χ2v) is 6.15. The summed E-state index contributed by atoms with van der Waals surface area (Å²) in [6.45, 7) is 3.03. The van der Waals surface area contributed by atoms with Crippen molar-refractivity contribution in [3.8, 4) is 0 Å². The minimum absolute atomic E-state index is 0.138. The van der Waals surface area contributed by atoms with E-state index >= 15 is 0 Å². The molecule has 0 aliphatic carbocycles. The molecule has 2 heterocycles. The summed E-state index contributed by atoms with van der Waals surface area (Å²) in [5, 5.41) is 3.41. The minimum Gasteiger partial charge on any atom is -0.383 e. The number of likely N-dealkylation sites (tertiary alicyclic amines) is 1. The van der Waals surface area contributed by atoms with Crippen LogP contribution in [-0.2, 0) is 11.3 Å². The van der Waals surface area contributed by atoms with Gasteiger partial charge < -0.3 is 10.1 Å². The van der Waals surface area contributed by atoms with Crippen molar-refractivity contribution >= 4 is 0 Å². The van der Waals surface area contributed by atoms with Crippen molar-refractivity contribution in [3.63, 3.8) is 0 Å². The maximum Gasteiger partial charge on any atom is 0.127 e. The Hall–Kier alpha value is -1.82. The van der Waals surface area contributed by atoms with Crippen molar-refractivity contribution in [2.75, 3.05) is 26.8 Å². The van der Waals surface area contributed by atoms with Gasteiger partial charge in [0.25, 0.3) is 0 Å². The Morgan fingerprint density at radius 1 is 1.29 bits per heavy atom. The van der Waals surface area contributed by atoms with Crippen LogP contribution in [0.25, 0.3) is 0 Å². The number of halogens is 1. The summed E-state index contributed by atoms with van der Waals surface area (Å²) in [5.41, 5.74) is 1.94. The maximum absolute atomic E-state index is 14.0. The molecule has 0 saturated carbocycles. The Bertz CT molecular complexity index is 638. The average Bonchev–Trinajstić information content (AvgIpc) is 2.60. The van der Waals surface area contributed by atoms with Crippen LogP contribution in [0.1, 0.15) is 23.6 Å². The molecular weight excluding hydrogens is 305 g/mol. The van der Waals surface area contributed by atoms with Crippen molar-refractivity contribution in [1.29, 1.82) is 0 Å². The molecule has 128 valence electrons. The van der Waals surface area contributed by atoms with Crippen molar-refractivity contribution in [2.24, 2.45) is 0 Å². The second-order valence-electron chi connectivity index (χ2n) is 6.15. The fraction of sp³-hybridized carbons (Fsp3) is 0.421. The van der Waals surface area contributed by atoms with Crippen LogP contribution < -0.4 is 5.32 Å².